The molecule has 17 heavy (non-hydrogen) atoms. The van der Waals surface area contributed by atoms with Gasteiger partial charge in [-0.3, -0.25) is 0 Å². The lowest BCUT2D eigenvalue weighted by Gasteiger charge is -2.25. The minimum absolute atomic E-state index is 0.291. The second-order valence-corrected chi connectivity index (χ2v) is 5.82. The zero-order valence-electron chi connectivity index (χ0n) is 10.1. The Kier molecular flexibility index (Phi) is 3.81. The standard InChI is InChI=1S/C12H17Cl2N3/c1-12(7-15-2)3-4-17(8-12)11-10(14)5-9(13)6-16-11/h5-6,15H,3-4,7-8H2,1-2H3. The molecule has 2 rings (SSSR count). The maximum absolute atomic E-state index is 6.18. The van der Waals surface area contributed by atoms with Gasteiger partial charge in [-0.1, -0.05) is 30.1 Å². The molecule has 5 heteroatoms. The summed E-state index contributed by atoms with van der Waals surface area (Å²) in [7, 11) is 1.99. The minimum atomic E-state index is 0.291. The van der Waals surface area contributed by atoms with Crippen LogP contribution in [-0.4, -0.2) is 31.7 Å². The largest absolute Gasteiger partial charge is 0.355 e. The second-order valence-electron chi connectivity index (χ2n) is 4.97. The number of nitrogens with zero attached hydrogens (tertiary/aromatic N) is 2. The van der Waals surface area contributed by atoms with Crippen molar-refractivity contribution >= 4 is 29.0 Å². The quantitative estimate of drug-likeness (QED) is 0.918. The summed E-state index contributed by atoms with van der Waals surface area (Å²) in [4.78, 5) is 6.56. The molecular formula is C12H17Cl2N3. The molecule has 1 aromatic rings. The SMILES string of the molecule is CNCC1(C)CCN(c2ncc(Cl)cc2Cl)C1. The first-order valence-electron chi connectivity index (χ1n) is 5.75. The van der Waals surface area contributed by atoms with E-state index in [1.165, 1.54) is 0 Å². The Bertz CT molecular complexity index is 411. The summed E-state index contributed by atoms with van der Waals surface area (Å²) in [6.07, 6.45) is 2.80. The van der Waals surface area contributed by atoms with E-state index in [2.05, 4.69) is 22.1 Å². The molecule has 1 saturated heterocycles. The van der Waals surface area contributed by atoms with E-state index in [1.807, 2.05) is 7.05 Å². The molecule has 0 aliphatic carbocycles. The summed E-state index contributed by atoms with van der Waals surface area (Å²) in [5.41, 5.74) is 0.291. The molecule has 0 spiro atoms. The van der Waals surface area contributed by atoms with Crippen LogP contribution in [0.2, 0.25) is 10.0 Å². The van der Waals surface area contributed by atoms with Crippen molar-refractivity contribution in [2.24, 2.45) is 5.41 Å². The van der Waals surface area contributed by atoms with E-state index < -0.39 is 0 Å². The smallest absolute Gasteiger partial charge is 0.147 e. The molecule has 1 fully saturated rings. The Morgan fingerprint density at radius 3 is 2.94 bits per heavy atom. The van der Waals surface area contributed by atoms with Crippen molar-refractivity contribution in [2.75, 3.05) is 31.6 Å². The molecular weight excluding hydrogens is 257 g/mol. The van der Waals surface area contributed by atoms with Crippen molar-refractivity contribution in [1.29, 1.82) is 0 Å². The molecule has 1 atom stereocenters. The van der Waals surface area contributed by atoms with Crippen molar-refractivity contribution in [3.05, 3.63) is 22.3 Å². The molecule has 1 N–H and O–H groups in total. The number of rotatable bonds is 3. The number of nitrogens with one attached hydrogen (secondary N) is 1. The number of hydrogen-bond acceptors (Lipinski definition) is 3. The van der Waals surface area contributed by atoms with Crippen molar-refractivity contribution in [1.82, 2.24) is 10.3 Å². The third-order valence-corrected chi connectivity index (χ3v) is 3.73. The van der Waals surface area contributed by atoms with Gasteiger partial charge in [0, 0.05) is 25.8 Å². The number of anilines is 1. The molecule has 1 unspecified atom stereocenters. The van der Waals surface area contributed by atoms with Gasteiger partial charge in [-0.15, -0.1) is 0 Å². The first kappa shape index (κ1) is 12.9. The lowest BCUT2D eigenvalue weighted by atomic mass is 9.90. The summed E-state index contributed by atoms with van der Waals surface area (Å²) in [5.74, 6) is 0.843. The molecule has 94 valence electrons. The predicted octanol–water partition coefficient (Wildman–Crippen LogP) is 2.82. The van der Waals surface area contributed by atoms with Crippen LogP contribution in [-0.2, 0) is 0 Å². The number of hydrogen-bond donors (Lipinski definition) is 1. The normalized spacial score (nSPS) is 24.4. The summed E-state index contributed by atoms with van der Waals surface area (Å²) in [6, 6.07) is 1.75. The topological polar surface area (TPSA) is 28.2 Å². The van der Waals surface area contributed by atoms with Crippen LogP contribution in [0.3, 0.4) is 0 Å². The van der Waals surface area contributed by atoms with Gasteiger partial charge >= 0.3 is 0 Å². The van der Waals surface area contributed by atoms with Crippen LogP contribution in [0.25, 0.3) is 0 Å². The average molecular weight is 274 g/mol. The second kappa shape index (κ2) is 5.01. The zero-order chi connectivity index (χ0) is 12.5. The highest BCUT2D eigenvalue weighted by atomic mass is 35.5. The van der Waals surface area contributed by atoms with E-state index in [-0.39, 0.29) is 0 Å². The van der Waals surface area contributed by atoms with Crippen LogP contribution in [0.4, 0.5) is 5.82 Å². The predicted molar refractivity (Wildman–Crippen MR) is 73.1 cm³/mol. The Morgan fingerprint density at radius 2 is 2.29 bits per heavy atom. The summed E-state index contributed by atoms with van der Waals surface area (Å²) >= 11 is 12.0. The van der Waals surface area contributed by atoms with Crippen molar-refractivity contribution in [2.45, 2.75) is 13.3 Å². The van der Waals surface area contributed by atoms with Crippen LogP contribution >= 0.6 is 23.2 Å². The van der Waals surface area contributed by atoms with Gasteiger partial charge in [0.15, 0.2) is 0 Å². The molecule has 0 radical (unpaired) electrons. The Morgan fingerprint density at radius 1 is 1.53 bits per heavy atom. The van der Waals surface area contributed by atoms with Crippen molar-refractivity contribution in [3.63, 3.8) is 0 Å². The lowest BCUT2D eigenvalue weighted by molar-refractivity contribution is 0.356. The van der Waals surface area contributed by atoms with E-state index in [0.29, 0.717) is 15.5 Å². The van der Waals surface area contributed by atoms with Crippen LogP contribution in [0.15, 0.2) is 12.3 Å². The van der Waals surface area contributed by atoms with E-state index in [4.69, 9.17) is 23.2 Å². The fourth-order valence-corrected chi connectivity index (χ4v) is 2.92. The molecule has 2 heterocycles. The fourth-order valence-electron chi connectivity index (χ4n) is 2.42. The maximum Gasteiger partial charge on any atom is 0.147 e. The lowest BCUT2D eigenvalue weighted by Crippen LogP contribution is -2.33. The highest BCUT2D eigenvalue weighted by molar-refractivity contribution is 6.36. The Hall–Kier alpha value is -0.510. The van der Waals surface area contributed by atoms with E-state index in [0.717, 1.165) is 31.9 Å². The first-order valence-corrected chi connectivity index (χ1v) is 6.50. The molecule has 0 bridgehead atoms. The molecule has 0 saturated carbocycles. The van der Waals surface area contributed by atoms with Gasteiger partial charge in [-0.25, -0.2) is 4.98 Å². The van der Waals surface area contributed by atoms with Crippen molar-refractivity contribution in [3.8, 4) is 0 Å². The van der Waals surface area contributed by atoms with Gasteiger partial charge in [0.05, 0.1) is 10.0 Å². The van der Waals surface area contributed by atoms with E-state index in [1.54, 1.807) is 12.3 Å². The third kappa shape index (κ3) is 2.84. The molecule has 1 aromatic heterocycles. The van der Waals surface area contributed by atoms with Crippen LogP contribution < -0.4 is 10.2 Å². The fraction of sp³-hybridized carbons (Fsp3) is 0.583. The molecule has 0 amide bonds. The number of pyridine rings is 1. The number of halogens is 2. The van der Waals surface area contributed by atoms with Gasteiger partial charge in [-0.2, -0.15) is 0 Å². The minimum Gasteiger partial charge on any atom is -0.355 e. The maximum atomic E-state index is 6.18. The molecule has 0 aromatic carbocycles. The summed E-state index contributed by atoms with van der Waals surface area (Å²) in [6.45, 7) is 5.26. The highest BCUT2D eigenvalue weighted by Gasteiger charge is 2.34. The summed E-state index contributed by atoms with van der Waals surface area (Å²) in [5, 5.41) is 4.46. The highest BCUT2D eigenvalue weighted by Crippen LogP contribution is 2.35. The van der Waals surface area contributed by atoms with E-state index in [9.17, 15) is 0 Å². The molecule has 1 aliphatic heterocycles. The van der Waals surface area contributed by atoms with Gasteiger partial charge in [-0.05, 0) is 24.9 Å². The number of aromatic nitrogens is 1. The van der Waals surface area contributed by atoms with Crippen LogP contribution in [0.5, 0.6) is 0 Å². The van der Waals surface area contributed by atoms with Gasteiger partial charge in [0.2, 0.25) is 0 Å². The Balaban J connectivity index is 2.15. The van der Waals surface area contributed by atoms with Gasteiger partial charge in [0.25, 0.3) is 0 Å². The van der Waals surface area contributed by atoms with Crippen LogP contribution in [0, 0.1) is 5.41 Å². The van der Waals surface area contributed by atoms with E-state index >= 15 is 0 Å². The molecule has 1 aliphatic rings. The van der Waals surface area contributed by atoms with Crippen LogP contribution in [0.1, 0.15) is 13.3 Å². The average Bonchev–Trinajstić information content (AvgIpc) is 2.61. The third-order valence-electron chi connectivity index (χ3n) is 3.25. The Labute approximate surface area is 112 Å². The van der Waals surface area contributed by atoms with Crippen molar-refractivity contribution < 1.29 is 0 Å². The van der Waals surface area contributed by atoms with Gasteiger partial charge < -0.3 is 10.2 Å². The first-order chi connectivity index (χ1) is 8.04. The summed E-state index contributed by atoms with van der Waals surface area (Å²) < 4.78 is 0. The monoisotopic (exact) mass is 273 g/mol. The van der Waals surface area contributed by atoms with Gasteiger partial charge in [0.1, 0.15) is 5.82 Å². The zero-order valence-corrected chi connectivity index (χ0v) is 11.6. The molecule has 3 nitrogen and oxygen atoms in total.